The van der Waals surface area contributed by atoms with E-state index >= 15 is 0 Å². The zero-order valence-corrected chi connectivity index (χ0v) is 38.5. The largest absolute Gasteiger partial charge is 0.462 e. The molecule has 59 heavy (non-hydrogen) atoms. The Hall–Kier alpha value is -3.15. The maximum Gasteiger partial charge on any atom is 0.306 e. The zero-order chi connectivity index (χ0) is 43.0. The maximum absolute atomic E-state index is 12.7. The van der Waals surface area contributed by atoms with E-state index in [-0.39, 0.29) is 31.1 Å². The summed E-state index contributed by atoms with van der Waals surface area (Å²) in [6.45, 7) is 6.35. The lowest BCUT2D eigenvalue weighted by Crippen LogP contribution is -2.30. The van der Waals surface area contributed by atoms with Crippen LogP contribution in [0.2, 0.25) is 0 Å². The van der Waals surface area contributed by atoms with Gasteiger partial charge < -0.3 is 14.2 Å². The van der Waals surface area contributed by atoms with Crippen LogP contribution in [0.15, 0.2) is 72.9 Å². The van der Waals surface area contributed by atoms with Crippen molar-refractivity contribution in [2.45, 2.75) is 232 Å². The standard InChI is InChI=1S/C53H90O6/c1-4-7-10-13-16-19-22-25-26-27-29-31-34-37-40-43-46-52(55)58-49-50(48-57-51(54)45-42-39-36-33-30-24-21-18-15-12-9-6-3)59-53(56)47-44-41-38-35-32-28-23-20-17-14-11-8-5-2/h8-9,11-12,14,17-18,20-21,23,26-27,50H,4-7,10,13,15-16,19,22,24-25,28-49H2,1-3H3/b11-8-,12-9-,17-14-,21-18-,23-20-,27-26-. The number of hydrogen-bond donors (Lipinski definition) is 0. The third-order valence-corrected chi connectivity index (χ3v) is 10.2. The average molecular weight is 823 g/mol. The van der Waals surface area contributed by atoms with Gasteiger partial charge in [0.1, 0.15) is 13.2 Å². The summed E-state index contributed by atoms with van der Waals surface area (Å²) in [5.41, 5.74) is 0. The summed E-state index contributed by atoms with van der Waals surface area (Å²) in [6.07, 6.45) is 58.9. The van der Waals surface area contributed by atoms with Gasteiger partial charge in [-0.1, -0.05) is 190 Å². The molecule has 0 radical (unpaired) electrons. The molecule has 1 unspecified atom stereocenters. The van der Waals surface area contributed by atoms with Gasteiger partial charge in [-0.05, 0) is 89.9 Å². The Bertz CT molecular complexity index is 1130. The molecule has 0 N–H and O–H groups in total. The molecule has 6 heteroatoms. The van der Waals surface area contributed by atoms with E-state index in [4.69, 9.17) is 14.2 Å². The monoisotopic (exact) mass is 823 g/mol. The summed E-state index contributed by atoms with van der Waals surface area (Å²) in [4.78, 5) is 37.9. The molecule has 0 spiro atoms. The van der Waals surface area contributed by atoms with E-state index in [0.29, 0.717) is 19.3 Å². The van der Waals surface area contributed by atoms with Gasteiger partial charge in [-0.3, -0.25) is 14.4 Å². The van der Waals surface area contributed by atoms with E-state index in [0.717, 1.165) is 122 Å². The van der Waals surface area contributed by atoms with Crippen molar-refractivity contribution in [3.63, 3.8) is 0 Å². The first-order chi connectivity index (χ1) is 29.0. The fourth-order valence-electron chi connectivity index (χ4n) is 6.59. The zero-order valence-electron chi connectivity index (χ0n) is 38.5. The summed E-state index contributed by atoms with van der Waals surface area (Å²) in [7, 11) is 0. The van der Waals surface area contributed by atoms with Gasteiger partial charge in [0.25, 0.3) is 0 Å². The number of carbonyl (C=O) groups excluding carboxylic acids is 3. The first kappa shape index (κ1) is 55.9. The van der Waals surface area contributed by atoms with E-state index in [1.807, 2.05) is 0 Å². The van der Waals surface area contributed by atoms with E-state index in [9.17, 15) is 14.4 Å². The second-order valence-corrected chi connectivity index (χ2v) is 16.0. The van der Waals surface area contributed by atoms with Gasteiger partial charge in [0.2, 0.25) is 0 Å². The molecule has 0 saturated heterocycles. The van der Waals surface area contributed by atoms with Crippen molar-refractivity contribution in [1.29, 1.82) is 0 Å². The van der Waals surface area contributed by atoms with Crippen molar-refractivity contribution >= 4 is 17.9 Å². The average Bonchev–Trinajstić information content (AvgIpc) is 3.23. The quantitative estimate of drug-likeness (QED) is 0.0200. The lowest BCUT2D eigenvalue weighted by molar-refractivity contribution is -0.167. The first-order valence-electron chi connectivity index (χ1n) is 24.5. The number of ether oxygens (including phenoxy) is 3. The Morgan fingerprint density at radius 2 is 0.746 bits per heavy atom. The van der Waals surface area contributed by atoms with Crippen molar-refractivity contribution in [1.82, 2.24) is 0 Å². The Morgan fingerprint density at radius 3 is 1.22 bits per heavy atom. The summed E-state index contributed by atoms with van der Waals surface area (Å²) in [5, 5.41) is 0. The van der Waals surface area contributed by atoms with Crippen LogP contribution >= 0.6 is 0 Å². The molecule has 338 valence electrons. The van der Waals surface area contributed by atoms with Crippen LogP contribution in [0.25, 0.3) is 0 Å². The van der Waals surface area contributed by atoms with Crippen molar-refractivity contribution in [2.75, 3.05) is 13.2 Å². The molecule has 1 atom stereocenters. The first-order valence-corrected chi connectivity index (χ1v) is 24.5. The molecule has 0 fully saturated rings. The maximum atomic E-state index is 12.7. The molecular weight excluding hydrogens is 733 g/mol. The molecule has 0 aliphatic heterocycles. The summed E-state index contributed by atoms with van der Waals surface area (Å²) < 4.78 is 16.7. The smallest absolute Gasteiger partial charge is 0.306 e. The van der Waals surface area contributed by atoms with Crippen LogP contribution in [0.4, 0.5) is 0 Å². The van der Waals surface area contributed by atoms with E-state index < -0.39 is 6.10 Å². The van der Waals surface area contributed by atoms with E-state index in [1.54, 1.807) is 0 Å². The van der Waals surface area contributed by atoms with Crippen molar-refractivity contribution in [2.24, 2.45) is 0 Å². The minimum absolute atomic E-state index is 0.0933. The van der Waals surface area contributed by atoms with Gasteiger partial charge in [-0.15, -0.1) is 0 Å². The molecule has 0 aromatic heterocycles. The predicted molar refractivity (Wildman–Crippen MR) is 251 cm³/mol. The molecule has 0 bridgehead atoms. The summed E-state index contributed by atoms with van der Waals surface area (Å²) in [5.74, 6) is -0.939. The normalized spacial score (nSPS) is 12.7. The van der Waals surface area contributed by atoms with Gasteiger partial charge in [-0.25, -0.2) is 0 Å². The van der Waals surface area contributed by atoms with E-state index in [1.165, 1.54) is 64.2 Å². The highest BCUT2D eigenvalue weighted by Gasteiger charge is 2.19. The fourth-order valence-corrected chi connectivity index (χ4v) is 6.59. The summed E-state index contributed by atoms with van der Waals surface area (Å²) in [6, 6.07) is 0. The number of esters is 3. The minimum atomic E-state index is -0.793. The third kappa shape index (κ3) is 45.8. The molecular formula is C53H90O6. The Balaban J connectivity index is 4.42. The fraction of sp³-hybridized carbons (Fsp3) is 0.717. The number of hydrogen-bond acceptors (Lipinski definition) is 6. The summed E-state index contributed by atoms with van der Waals surface area (Å²) >= 11 is 0. The number of rotatable bonds is 43. The molecule has 0 saturated carbocycles. The van der Waals surface area contributed by atoms with Gasteiger partial charge in [-0.2, -0.15) is 0 Å². The van der Waals surface area contributed by atoms with Gasteiger partial charge in [0, 0.05) is 19.3 Å². The molecule has 0 amide bonds. The van der Waals surface area contributed by atoms with Gasteiger partial charge >= 0.3 is 17.9 Å². The van der Waals surface area contributed by atoms with Crippen LogP contribution < -0.4 is 0 Å². The second kappa shape index (κ2) is 47.5. The van der Waals surface area contributed by atoms with Crippen molar-refractivity contribution < 1.29 is 28.6 Å². The number of allylic oxidation sites excluding steroid dienone is 12. The molecule has 0 aliphatic rings. The Kier molecular flexibility index (Phi) is 45.0. The van der Waals surface area contributed by atoms with Crippen molar-refractivity contribution in [3.8, 4) is 0 Å². The molecule has 0 heterocycles. The van der Waals surface area contributed by atoms with E-state index in [2.05, 4.69) is 93.7 Å². The van der Waals surface area contributed by atoms with Crippen molar-refractivity contribution in [3.05, 3.63) is 72.9 Å². The van der Waals surface area contributed by atoms with Crippen LogP contribution in [-0.2, 0) is 28.6 Å². The molecule has 0 aliphatic carbocycles. The van der Waals surface area contributed by atoms with Crippen LogP contribution in [0.3, 0.4) is 0 Å². The van der Waals surface area contributed by atoms with Crippen LogP contribution in [0.5, 0.6) is 0 Å². The second-order valence-electron chi connectivity index (χ2n) is 16.0. The lowest BCUT2D eigenvalue weighted by Gasteiger charge is -2.18. The number of carbonyl (C=O) groups is 3. The Labute approximate surface area is 363 Å². The van der Waals surface area contributed by atoms with Crippen LogP contribution in [0.1, 0.15) is 226 Å². The SMILES string of the molecule is CC\C=C/C=C\C=C/CCCCCCCC(=O)OC(COC(=O)CCCCCCC/C=C\C/C=C\CC)COC(=O)CCCCCCC/C=C\CCCCCCCCC. The van der Waals surface area contributed by atoms with Gasteiger partial charge in [0.15, 0.2) is 6.10 Å². The Morgan fingerprint density at radius 1 is 0.373 bits per heavy atom. The molecule has 0 aromatic carbocycles. The number of unbranched alkanes of at least 4 members (excludes halogenated alkanes) is 22. The topological polar surface area (TPSA) is 78.9 Å². The highest BCUT2D eigenvalue weighted by Crippen LogP contribution is 2.14. The molecule has 0 rings (SSSR count). The lowest BCUT2D eigenvalue weighted by atomic mass is 10.1. The molecule has 0 aromatic rings. The minimum Gasteiger partial charge on any atom is -0.462 e. The van der Waals surface area contributed by atoms with Crippen LogP contribution in [-0.4, -0.2) is 37.2 Å². The van der Waals surface area contributed by atoms with Gasteiger partial charge in [0.05, 0.1) is 0 Å². The third-order valence-electron chi connectivity index (χ3n) is 10.2. The molecule has 6 nitrogen and oxygen atoms in total. The van der Waals surface area contributed by atoms with Crippen LogP contribution in [0, 0.1) is 0 Å². The highest BCUT2D eigenvalue weighted by molar-refractivity contribution is 5.71. The highest BCUT2D eigenvalue weighted by atomic mass is 16.6. The predicted octanol–water partition coefficient (Wildman–Crippen LogP) is 15.9.